The zero-order valence-corrected chi connectivity index (χ0v) is 13.7. The Hall–Kier alpha value is -3.68. The van der Waals surface area contributed by atoms with Gasteiger partial charge in [-0.15, -0.1) is 0 Å². The molecule has 130 valence electrons. The van der Waals surface area contributed by atoms with Crippen LogP contribution in [-0.2, 0) is 0 Å². The molecule has 0 amide bonds. The SMILES string of the molecule is CC(c1c[nH]c2ccc([N+](=O)[O-])cc12)c1c[nH]c2ccc([N+](=O)[O-])cc12. The molecule has 0 aliphatic carbocycles. The van der Waals surface area contributed by atoms with Gasteiger partial charge < -0.3 is 9.97 Å². The molecule has 0 aliphatic rings. The van der Waals surface area contributed by atoms with E-state index in [0.29, 0.717) is 0 Å². The largest absolute Gasteiger partial charge is 0.361 e. The van der Waals surface area contributed by atoms with Gasteiger partial charge in [0.05, 0.1) is 9.85 Å². The molecule has 4 rings (SSSR count). The van der Waals surface area contributed by atoms with Crippen LogP contribution < -0.4 is 0 Å². The third-order valence-electron chi connectivity index (χ3n) is 4.75. The van der Waals surface area contributed by atoms with Crippen LogP contribution in [-0.4, -0.2) is 19.8 Å². The van der Waals surface area contributed by atoms with E-state index in [0.717, 1.165) is 32.9 Å². The third kappa shape index (κ3) is 2.39. The van der Waals surface area contributed by atoms with Gasteiger partial charge in [-0.1, -0.05) is 6.92 Å². The molecule has 0 spiro atoms. The lowest BCUT2D eigenvalue weighted by atomic mass is 9.92. The van der Waals surface area contributed by atoms with Crippen LogP contribution in [0.5, 0.6) is 0 Å². The lowest BCUT2D eigenvalue weighted by Crippen LogP contribution is -1.95. The number of H-pyrrole nitrogens is 2. The Morgan fingerprint density at radius 1 is 0.808 bits per heavy atom. The second-order valence-electron chi connectivity index (χ2n) is 6.18. The third-order valence-corrected chi connectivity index (χ3v) is 4.75. The fraction of sp³-hybridized carbons (Fsp3) is 0.111. The number of nitrogens with one attached hydrogen (secondary N) is 2. The molecule has 0 fully saturated rings. The van der Waals surface area contributed by atoms with Gasteiger partial charge in [0.1, 0.15) is 0 Å². The van der Waals surface area contributed by atoms with Crippen molar-refractivity contribution >= 4 is 33.2 Å². The molecule has 2 N–H and O–H groups in total. The minimum atomic E-state index is -0.421. The summed E-state index contributed by atoms with van der Waals surface area (Å²) in [5.74, 6) is -0.110. The van der Waals surface area contributed by atoms with E-state index in [1.54, 1.807) is 24.3 Å². The molecule has 0 aliphatic heterocycles. The molecule has 2 aromatic heterocycles. The van der Waals surface area contributed by atoms with Gasteiger partial charge in [-0.3, -0.25) is 20.2 Å². The van der Waals surface area contributed by atoms with Crippen LogP contribution in [0.1, 0.15) is 24.0 Å². The number of nitro benzene ring substituents is 2. The molecule has 8 nitrogen and oxygen atoms in total. The molecule has 2 heterocycles. The first-order valence-corrected chi connectivity index (χ1v) is 7.96. The summed E-state index contributed by atoms with van der Waals surface area (Å²) in [6.07, 6.45) is 3.66. The van der Waals surface area contributed by atoms with E-state index >= 15 is 0 Å². The smallest absolute Gasteiger partial charge is 0.270 e. The van der Waals surface area contributed by atoms with Crippen molar-refractivity contribution in [3.05, 3.63) is 80.1 Å². The van der Waals surface area contributed by atoms with Gasteiger partial charge in [-0.25, -0.2) is 0 Å². The van der Waals surface area contributed by atoms with Crippen molar-refractivity contribution in [2.75, 3.05) is 0 Å². The molecular formula is C18H14N4O4. The number of non-ortho nitro benzene ring substituents is 2. The van der Waals surface area contributed by atoms with Crippen LogP contribution in [0.2, 0.25) is 0 Å². The van der Waals surface area contributed by atoms with Gasteiger partial charge in [0.2, 0.25) is 0 Å². The molecule has 0 radical (unpaired) electrons. The van der Waals surface area contributed by atoms with Crippen molar-refractivity contribution < 1.29 is 9.85 Å². The van der Waals surface area contributed by atoms with Gasteiger partial charge in [0, 0.05) is 64.4 Å². The van der Waals surface area contributed by atoms with E-state index in [-0.39, 0.29) is 17.3 Å². The monoisotopic (exact) mass is 350 g/mol. The number of nitro groups is 2. The summed E-state index contributed by atoms with van der Waals surface area (Å²) in [4.78, 5) is 27.6. The first-order chi connectivity index (χ1) is 12.5. The molecule has 0 saturated carbocycles. The normalized spacial score (nSPS) is 11.5. The fourth-order valence-electron chi connectivity index (χ4n) is 3.37. The molecule has 4 aromatic rings. The topological polar surface area (TPSA) is 118 Å². The average molecular weight is 350 g/mol. The number of aromatic nitrogens is 2. The Balaban J connectivity index is 1.86. The molecule has 8 heteroatoms. The van der Waals surface area contributed by atoms with Crippen molar-refractivity contribution in [3.8, 4) is 0 Å². The Kier molecular flexibility index (Phi) is 3.47. The second-order valence-corrected chi connectivity index (χ2v) is 6.18. The Labute approximate surface area is 146 Å². The van der Waals surface area contributed by atoms with Crippen LogP contribution in [0.15, 0.2) is 48.8 Å². The summed E-state index contributed by atoms with van der Waals surface area (Å²) >= 11 is 0. The Morgan fingerprint density at radius 3 is 1.62 bits per heavy atom. The maximum absolute atomic E-state index is 11.1. The number of fused-ring (bicyclic) bond motifs is 2. The number of hydrogen-bond acceptors (Lipinski definition) is 4. The second kappa shape index (κ2) is 5.69. The standard InChI is InChI=1S/C18H14N4O4/c1-10(15-8-19-17-4-2-11(21(23)24)6-13(15)17)16-9-20-18-5-3-12(22(25)26)7-14(16)18/h2-10,19-20H,1H3. The van der Waals surface area contributed by atoms with Crippen LogP contribution in [0.4, 0.5) is 11.4 Å². The van der Waals surface area contributed by atoms with Crippen LogP contribution in [0.3, 0.4) is 0 Å². The number of rotatable bonds is 4. The molecule has 0 bridgehead atoms. The fourth-order valence-corrected chi connectivity index (χ4v) is 3.37. The molecule has 0 unspecified atom stereocenters. The lowest BCUT2D eigenvalue weighted by Gasteiger charge is -2.10. The highest BCUT2D eigenvalue weighted by atomic mass is 16.6. The summed E-state index contributed by atoms with van der Waals surface area (Å²) in [5.41, 5.74) is 3.47. The van der Waals surface area contributed by atoms with Crippen molar-refractivity contribution in [1.29, 1.82) is 0 Å². The Morgan fingerprint density at radius 2 is 1.23 bits per heavy atom. The average Bonchev–Trinajstić information content (AvgIpc) is 3.24. The Bertz CT molecular complexity index is 1080. The van der Waals surface area contributed by atoms with Crippen LogP contribution in [0, 0.1) is 20.2 Å². The summed E-state index contributed by atoms with van der Waals surface area (Å²) < 4.78 is 0. The van der Waals surface area contributed by atoms with Crippen molar-refractivity contribution in [2.24, 2.45) is 0 Å². The highest BCUT2D eigenvalue weighted by Crippen LogP contribution is 2.36. The van der Waals surface area contributed by atoms with E-state index in [1.807, 2.05) is 19.3 Å². The maximum Gasteiger partial charge on any atom is 0.270 e. The summed E-state index contributed by atoms with van der Waals surface area (Å²) in [6, 6.07) is 9.39. The minimum absolute atomic E-state index is 0.0279. The summed E-state index contributed by atoms with van der Waals surface area (Å²) in [5, 5.41) is 23.7. The summed E-state index contributed by atoms with van der Waals surface area (Å²) in [6.45, 7) is 1.98. The van der Waals surface area contributed by atoms with E-state index in [2.05, 4.69) is 9.97 Å². The van der Waals surface area contributed by atoms with Crippen molar-refractivity contribution in [3.63, 3.8) is 0 Å². The lowest BCUT2D eigenvalue weighted by molar-refractivity contribution is -0.384. The molecular weight excluding hydrogens is 336 g/mol. The van der Waals surface area contributed by atoms with Crippen molar-refractivity contribution in [1.82, 2.24) is 9.97 Å². The molecule has 26 heavy (non-hydrogen) atoms. The highest BCUT2D eigenvalue weighted by Gasteiger charge is 2.20. The van der Waals surface area contributed by atoms with Crippen molar-refractivity contribution in [2.45, 2.75) is 12.8 Å². The van der Waals surface area contributed by atoms with Gasteiger partial charge in [0.25, 0.3) is 11.4 Å². The van der Waals surface area contributed by atoms with Crippen LogP contribution in [0.25, 0.3) is 21.8 Å². The predicted octanol–water partition coefficient (Wildman–Crippen LogP) is 4.62. The number of hydrogen-bond donors (Lipinski definition) is 2. The van der Waals surface area contributed by atoms with E-state index < -0.39 is 9.85 Å². The van der Waals surface area contributed by atoms with Gasteiger partial charge >= 0.3 is 0 Å². The molecule has 0 atom stereocenters. The quantitative estimate of drug-likeness (QED) is 0.412. The highest BCUT2D eigenvalue weighted by molar-refractivity contribution is 5.90. The minimum Gasteiger partial charge on any atom is -0.361 e. The predicted molar refractivity (Wildman–Crippen MR) is 97.4 cm³/mol. The maximum atomic E-state index is 11.1. The zero-order valence-electron chi connectivity index (χ0n) is 13.7. The van der Waals surface area contributed by atoms with Gasteiger partial charge in [-0.05, 0) is 23.3 Å². The molecule has 2 aromatic carbocycles. The van der Waals surface area contributed by atoms with Crippen LogP contribution >= 0.6 is 0 Å². The molecule has 0 saturated heterocycles. The first kappa shape index (κ1) is 15.8. The van der Waals surface area contributed by atoms with E-state index in [1.165, 1.54) is 12.1 Å². The summed E-state index contributed by atoms with van der Waals surface area (Å²) in [7, 11) is 0. The van der Waals surface area contributed by atoms with Gasteiger partial charge in [-0.2, -0.15) is 0 Å². The zero-order chi connectivity index (χ0) is 18.4. The number of nitrogens with zero attached hydrogens (tertiary/aromatic N) is 2. The van der Waals surface area contributed by atoms with Gasteiger partial charge in [0.15, 0.2) is 0 Å². The van der Waals surface area contributed by atoms with E-state index in [4.69, 9.17) is 0 Å². The number of aromatic amines is 2. The van der Waals surface area contributed by atoms with E-state index in [9.17, 15) is 20.2 Å². The number of benzene rings is 2. The first-order valence-electron chi connectivity index (χ1n) is 7.96.